The van der Waals surface area contributed by atoms with Gasteiger partial charge in [-0.15, -0.1) is 0 Å². The quantitative estimate of drug-likeness (QED) is 0.511. The summed E-state index contributed by atoms with van der Waals surface area (Å²) in [6.07, 6.45) is 12.3. The first-order valence-electron chi connectivity index (χ1n) is 11.2. The highest BCUT2D eigenvalue weighted by Crippen LogP contribution is 2.38. The van der Waals surface area contributed by atoms with Crippen LogP contribution in [-0.4, -0.2) is 43.6 Å². The number of fused-ring (bicyclic) bond motifs is 1. The maximum Gasteiger partial charge on any atom is 0.267 e. The topological polar surface area (TPSA) is 57.9 Å². The van der Waals surface area contributed by atoms with Crippen molar-refractivity contribution >= 4 is 51.7 Å². The fourth-order valence-corrected chi connectivity index (χ4v) is 6.21. The molecule has 5 rings (SSSR count). The van der Waals surface area contributed by atoms with Gasteiger partial charge in [-0.2, -0.15) is 0 Å². The standard InChI is InChI=1S/C23H26N4O2S2/c28-21-17(15-18-22(29)27(23(30)31-18)16-9-3-1-4-10-16)20(25-12-6-2-7-13-25)24-19-11-5-8-14-26(19)21/h5,8,11,14-16H,1-4,6-7,9-10,12-13H2/b18-15+. The maximum atomic E-state index is 13.4. The summed E-state index contributed by atoms with van der Waals surface area (Å²) in [6, 6.07) is 5.74. The lowest BCUT2D eigenvalue weighted by Gasteiger charge is -2.30. The van der Waals surface area contributed by atoms with Crippen molar-refractivity contribution in [1.82, 2.24) is 14.3 Å². The first-order chi connectivity index (χ1) is 15.1. The Bertz CT molecular complexity index is 1110. The lowest BCUT2D eigenvalue weighted by Crippen LogP contribution is -2.39. The van der Waals surface area contributed by atoms with Crippen LogP contribution in [0.5, 0.6) is 0 Å². The van der Waals surface area contributed by atoms with Crippen molar-refractivity contribution in [3.63, 3.8) is 0 Å². The molecule has 6 nitrogen and oxygen atoms in total. The molecule has 2 saturated heterocycles. The van der Waals surface area contributed by atoms with Crippen molar-refractivity contribution in [2.45, 2.75) is 57.4 Å². The van der Waals surface area contributed by atoms with Crippen molar-refractivity contribution in [2.24, 2.45) is 0 Å². The molecule has 2 aromatic rings. The third-order valence-electron chi connectivity index (χ3n) is 6.44. The Morgan fingerprint density at radius 1 is 1.03 bits per heavy atom. The minimum absolute atomic E-state index is 0.0657. The van der Waals surface area contributed by atoms with E-state index in [1.807, 2.05) is 18.2 Å². The summed E-state index contributed by atoms with van der Waals surface area (Å²) in [4.78, 5) is 36.1. The Morgan fingerprint density at radius 3 is 2.55 bits per heavy atom. The number of carbonyl (C=O) groups excluding carboxylic acids is 1. The van der Waals surface area contributed by atoms with Gasteiger partial charge in [0.1, 0.15) is 15.8 Å². The number of nitrogens with zero attached hydrogens (tertiary/aromatic N) is 4. The van der Waals surface area contributed by atoms with Gasteiger partial charge in [0.15, 0.2) is 0 Å². The fourth-order valence-electron chi connectivity index (χ4n) is 4.83. The van der Waals surface area contributed by atoms with Crippen LogP contribution in [0.3, 0.4) is 0 Å². The number of piperidine rings is 1. The zero-order chi connectivity index (χ0) is 21.4. The average molecular weight is 455 g/mol. The molecule has 3 fully saturated rings. The number of aromatic nitrogens is 2. The summed E-state index contributed by atoms with van der Waals surface area (Å²) >= 11 is 6.89. The Labute approximate surface area is 191 Å². The van der Waals surface area contributed by atoms with Gasteiger partial charge in [-0.25, -0.2) is 4.98 Å². The van der Waals surface area contributed by atoms with Gasteiger partial charge in [0.2, 0.25) is 0 Å². The molecule has 1 aliphatic carbocycles. The molecule has 0 atom stereocenters. The fraction of sp³-hybridized carbons (Fsp3) is 0.478. The van der Waals surface area contributed by atoms with Crippen LogP contribution < -0.4 is 10.5 Å². The monoisotopic (exact) mass is 454 g/mol. The first kappa shape index (κ1) is 20.7. The van der Waals surface area contributed by atoms with Gasteiger partial charge in [0.05, 0.1) is 10.5 Å². The van der Waals surface area contributed by atoms with Crippen molar-refractivity contribution in [3.05, 3.63) is 45.2 Å². The summed E-state index contributed by atoms with van der Waals surface area (Å²) in [5.41, 5.74) is 0.962. The SMILES string of the molecule is O=C1/C(=C\c2c(N3CCCCC3)nc3ccccn3c2=O)SC(=S)N1C1CCCCC1. The van der Waals surface area contributed by atoms with Crippen LogP contribution in [0.4, 0.5) is 5.82 Å². The third kappa shape index (κ3) is 3.91. The Kier molecular flexibility index (Phi) is 5.84. The number of thioether (sulfide) groups is 1. The van der Waals surface area contributed by atoms with Gasteiger partial charge in [-0.1, -0.05) is 49.3 Å². The normalized spacial score (nSPS) is 22.1. The number of thiocarbonyl (C=S) groups is 1. The molecule has 0 aromatic carbocycles. The summed E-state index contributed by atoms with van der Waals surface area (Å²) in [6.45, 7) is 1.75. The molecule has 1 saturated carbocycles. The minimum Gasteiger partial charge on any atom is -0.356 e. The van der Waals surface area contributed by atoms with Crippen molar-refractivity contribution in [2.75, 3.05) is 18.0 Å². The van der Waals surface area contributed by atoms with Gasteiger partial charge < -0.3 is 4.90 Å². The zero-order valence-electron chi connectivity index (χ0n) is 17.5. The molecule has 2 aromatic heterocycles. The smallest absolute Gasteiger partial charge is 0.267 e. The largest absolute Gasteiger partial charge is 0.356 e. The number of amides is 1. The Balaban J connectivity index is 1.58. The van der Waals surface area contributed by atoms with Crippen LogP contribution in [-0.2, 0) is 4.79 Å². The second-order valence-electron chi connectivity index (χ2n) is 8.47. The van der Waals surface area contributed by atoms with Crippen LogP contribution >= 0.6 is 24.0 Å². The summed E-state index contributed by atoms with van der Waals surface area (Å²) in [7, 11) is 0. The van der Waals surface area contributed by atoms with Gasteiger partial charge in [-0.3, -0.25) is 18.9 Å². The average Bonchev–Trinajstić information content (AvgIpc) is 3.09. The molecular formula is C23H26N4O2S2. The van der Waals surface area contributed by atoms with E-state index in [1.165, 1.54) is 24.6 Å². The minimum atomic E-state index is -0.144. The van der Waals surface area contributed by atoms with Crippen LogP contribution in [0.15, 0.2) is 34.1 Å². The molecule has 0 radical (unpaired) electrons. The molecule has 31 heavy (non-hydrogen) atoms. The number of anilines is 1. The first-order valence-corrected chi connectivity index (χ1v) is 12.4. The molecular weight excluding hydrogens is 428 g/mol. The Hall–Kier alpha value is -2.19. The molecule has 0 N–H and O–H groups in total. The predicted molar refractivity (Wildman–Crippen MR) is 129 cm³/mol. The predicted octanol–water partition coefficient (Wildman–Crippen LogP) is 4.22. The van der Waals surface area contributed by atoms with Gasteiger partial charge >= 0.3 is 0 Å². The van der Waals surface area contributed by atoms with E-state index < -0.39 is 0 Å². The highest BCUT2D eigenvalue weighted by Gasteiger charge is 2.38. The van der Waals surface area contributed by atoms with Gasteiger partial charge in [0.25, 0.3) is 11.5 Å². The second-order valence-corrected chi connectivity index (χ2v) is 10.2. The van der Waals surface area contributed by atoms with Crippen LogP contribution in [0.2, 0.25) is 0 Å². The molecule has 1 amide bonds. The summed E-state index contributed by atoms with van der Waals surface area (Å²) < 4.78 is 2.16. The van der Waals surface area contributed by atoms with E-state index in [0.717, 1.165) is 51.6 Å². The number of hydrogen-bond donors (Lipinski definition) is 0. The van der Waals surface area contributed by atoms with Crippen molar-refractivity contribution in [1.29, 1.82) is 0 Å². The second kappa shape index (κ2) is 8.74. The number of pyridine rings is 1. The van der Waals surface area contributed by atoms with E-state index in [9.17, 15) is 9.59 Å². The number of carbonyl (C=O) groups is 1. The third-order valence-corrected chi connectivity index (χ3v) is 7.77. The molecule has 162 valence electrons. The van der Waals surface area contributed by atoms with E-state index in [0.29, 0.717) is 26.3 Å². The molecule has 2 aliphatic heterocycles. The van der Waals surface area contributed by atoms with E-state index in [2.05, 4.69) is 4.90 Å². The summed E-state index contributed by atoms with van der Waals surface area (Å²) in [5.74, 6) is 0.614. The lowest BCUT2D eigenvalue weighted by molar-refractivity contribution is -0.124. The Morgan fingerprint density at radius 2 is 1.77 bits per heavy atom. The molecule has 0 unspecified atom stereocenters. The van der Waals surface area contributed by atoms with Gasteiger partial charge in [0, 0.05) is 25.3 Å². The summed E-state index contributed by atoms with van der Waals surface area (Å²) in [5, 5.41) is 0. The van der Waals surface area contributed by atoms with E-state index in [-0.39, 0.29) is 17.5 Å². The highest BCUT2D eigenvalue weighted by molar-refractivity contribution is 8.26. The van der Waals surface area contributed by atoms with Crippen molar-refractivity contribution < 1.29 is 4.79 Å². The molecule has 0 bridgehead atoms. The highest BCUT2D eigenvalue weighted by atomic mass is 32.2. The molecule has 8 heteroatoms. The number of hydrogen-bond acceptors (Lipinski definition) is 6. The van der Waals surface area contributed by atoms with E-state index >= 15 is 0 Å². The van der Waals surface area contributed by atoms with Gasteiger partial charge in [-0.05, 0) is 50.3 Å². The maximum absolute atomic E-state index is 13.4. The molecule has 3 aliphatic rings. The van der Waals surface area contributed by atoms with Crippen LogP contribution in [0.25, 0.3) is 11.7 Å². The van der Waals surface area contributed by atoms with Crippen LogP contribution in [0, 0.1) is 0 Å². The van der Waals surface area contributed by atoms with E-state index in [4.69, 9.17) is 17.2 Å². The van der Waals surface area contributed by atoms with Crippen molar-refractivity contribution in [3.8, 4) is 0 Å². The lowest BCUT2D eigenvalue weighted by atomic mass is 9.94. The number of rotatable bonds is 3. The molecule has 0 spiro atoms. The molecule has 4 heterocycles. The van der Waals surface area contributed by atoms with Crippen LogP contribution in [0.1, 0.15) is 56.9 Å². The van der Waals surface area contributed by atoms with E-state index in [1.54, 1.807) is 21.6 Å². The zero-order valence-corrected chi connectivity index (χ0v) is 19.1.